The molecular formula is C14H28N2O2. The summed E-state index contributed by atoms with van der Waals surface area (Å²) in [5, 5.41) is 6.34. The number of amides is 1. The van der Waals surface area contributed by atoms with Crippen molar-refractivity contribution < 1.29 is 9.53 Å². The Hall–Kier alpha value is -0.610. The molecule has 1 fully saturated rings. The number of hydrogen-bond donors (Lipinski definition) is 2. The van der Waals surface area contributed by atoms with Gasteiger partial charge in [0.25, 0.3) is 0 Å². The molecule has 1 aliphatic rings. The van der Waals surface area contributed by atoms with Crippen molar-refractivity contribution in [3.8, 4) is 0 Å². The summed E-state index contributed by atoms with van der Waals surface area (Å²) >= 11 is 0. The summed E-state index contributed by atoms with van der Waals surface area (Å²) in [5.74, 6) is 0.500. The summed E-state index contributed by atoms with van der Waals surface area (Å²) in [7, 11) is 0. The molecule has 4 heteroatoms. The van der Waals surface area contributed by atoms with Gasteiger partial charge in [0.05, 0.1) is 6.10 Å². The van der Waals surface area contributed by atoms with Crippen molar-refractivity contribution in [1.82, 2.24) is 10.6 Å². The molecular weight excluding hydrogens is 228 g/mol. The lowest BCUT2D eigenvalue weighted by molar-refractivity contribution is -0.139. The van der Waals surface area contributed by atoms with Crippen LogP contribution in [0.25, 0.3) is 0 Å². The molecule has 0 aromatic carbocycles. The van der Waals surface area contributed by atoms with Gasteiger partial charge >= 0.3 is 0 Å². The summed E-state index contributed by atoms with van der Waals surface area (Å²) in [6.07, 6.45) is 1.78. The van der Waals surface area contributed by atoms with Crippen LogP contribution in [0.15, 0.2) is 0 Å². The number of hydrogen-bond acceptors (Lipinski definition) is 3. The predicted molar refractivity (Wildman–Crippen MR) is 73.5 cm³/mol. The number of carbonyl (C=O) groups excluding carboxylic acids is 1. The van der Waals surface area contributed by atoms with Gasteiger partial charge in [-0.2, -0.15) is 0 Å². The summed E-state index contributed by atoms with van der Waals surface area (Å²) in [6.45, 7) is 12.0. The lowest BCUT2D eigenvalue weighted by atomic mass is 9.97. The number of carbonyl (C=O) groups is 1. The Morgan fingerprint density at radius 2 is 2.22 bits per heavy atom. The molecule has 1 heterocycles. The van der Waals surface area contributed by atoms with Crippen LogP contribution in [0, 0.1) is 5.92 Å². The predicted octanol–water partition coefficient (Wildman–Crippen LogP) is 1.69. The fraction of sp³-hybridized carbons (Fsp3) is 0.929. The van der Waals surface area contributed by atoms with Gasteiger partial charge in [-0.25, -0.2) is 0 Å². The highest BCUT2D eigenvalue weighted by molar-refractivity contribution is 5.81. The molecule has 1 amide bonds. The van der Waals surface area contributed by atoms with E-state index in [-0.39, 0.29) is 23.7 Å². The average molecular weight is 256 g/mol. The van der Waals surface area contributed by atoms with Crippen molar-refractivity contribution in [1.29, 1.82) is 0 Å². The van der Waals surface area contributed by atoms with E-state index < -0.39 is 0 Å². The number of rotatable bonds is 5. The third-order valence-corrected chi connectivity index (χ3v) is 3.85. The van der Waals surface area contributed by atoms with Gasteiger partial charge in [-0.3, -0.25) is 4.79 Å². The van der Waals surface area contributed by atoms with Crippen LogP contribution in [0.1, 0.15) is 47.5 Å². The molecule has 0 aromatic heterocycles. The maximum absolute atomic E-state index is 12.0. The monoisotopic (exact) mass is 256 g/mol. The summed E-state index contributed by atoms with van der Waals surface area (Å²) < 4.78 is 5.88. The lowest BCUT2D eigenvalue weighted by Crippen LogP contribution is -2.50. The maximum atomic E-state index is 12.0. The largest absolute Gasteiger partial charge is 0.364 e. The van der Waals surface area contributed by atoms with Gasteiger partial charge in [-0.15, -0.1) is 0 Å². The van der Waals surface area contributed by atoms with E-state index in [0.717, 1.165) is 25.9 Å². The zero-order valence-electron chi connectivity index (χ0n) is 12.4. The molecule has 3 atom stereocenters. The minimum Gasteiger partial charge on any atom is -0.364 e. The first-order valence-corrected chi connectivity index (χ1v) is 7.04. The highest BCUT2D eigenvalue weighted by Gasteiger charge is 2.28. The van der Waals surface area contributed by atoms with E-state index in [1.807, 2.05) is 20.8 Å². The van der Waals surface area contributed by atoms with Crippen molar-refractivity contribution in [2.45, 2.75) is 65.2 Å². The number of ether oxygens (including phenoxy) is 1. The van der Waals surface area contributed by atoms with Crippen LogP contribution in [0.3, 0.4) is 0 Å². The van der Waals surface area contributed by atoms with Crippen LogP contribution in [-0.4, -0.2) is 36.7 Å². The molecule has 4 nitrogen and oxygen atoms in total. The molecule has 0 aromatic rings. The zero-order valence-corrected chi connectivity index (χ0v) is 12.4. The summed E-state index contributed by atoms with van der Waals surface area (Å²) in [4.78, 5) is 12.0. The maximum Gasteiger partial charge on any atom is 0.249 e. The van der Waals surface area contributed by atoms with E-state index in [1.165, 1.54) is 0 Å². The third-order valence-electron chi connectivity index (χ3n) is 3.85. The summed E-state index contributed by atoms with van der Waals surface area (Å²) in [5.41, 5.74) is -0.162. The van der Waals surface area contributed by atoms with Gasteiger partial charge in [0.2, 0.25) is 5.91 Å². The number of nitrogens with one attached hydrogen (secondary N) is 2. The van der Waals surface area contributed by atoms with Gasteiger partial charge in [-0.1, -0.05) is 13.8 Å². The van der Waals surface area contributed by atoms with E-state index in [1.54, 1.807) is 0 Å². The summed E-state index contributed by atoms with van der Waals surface area (Å²) in [6, 6.07) is 0. The lowest BCUT2D eigenvalue weighted by Gasteiger charge is -2.33. The van der Waals surface area contributed by atoms with E-state index in [0.29, 0.717) is 5.92 Å². The second-order valence-electron chi connectivity index (χ2n) is 6.01. The van der Waals surface area contributed by atoms with Crippen LogP contribution in [0.2, 0.25) is 0 Å². The third kappa shape index (κ3) is 4.58. The van der Waals surface area contributed by atoms with Gasteiger partial charge in [0.1, 0.15) is 6.10 Å². The van der Waals surface area contributed by atoms with E-state index in [2.05, 4.69) is 24.5 Å². The minimum absolute atomic E-state index is 0.0142. The van der Waals surface area contributed by atoms with Gasteiger partial charge in [-0.05, 0) is 46.1 Å². The van der Waals surface area contributed by atoms with Crippen molar-refractivity contribution in [2.24, 2.45) is 5.92 Å². The Labute approximate surface area is 111 Å². The van der Waals surface area contributed by atoms with E-state index >= 15 is 0 Å². The first-order chi connectivity index (χ1) is 8.35. The molecule has 0 spiro atoms. The molecule has 0 saturated carbocycles. The second kappa shape index (κ2) is 6.53. The molecule has 106 valence electrons. The highest BCUT2D eigenvalue weighted by atomic mass is 16.5. The molecule has 1 rings (SSSR count). The van der Waals surface area contributed by atoms with Crippen molar-refractivity contribution in [2.75, 3.05) is 13.1 Å². The van der Waals surface area contributed by atoms with Gasteiger partial charge in [0, 0.05) is 12.1 Å². The SMILES string of the molecule is CCC(C)(C)NC(=O)C(C)OC1CNCCC1C. The van der Waals surface area contributed by atoms with Crippen molar-refractivity contribution >= 4 is 5.91 Å². The Bertz CT molecular complexity index is 279. The molecule has 0 radical (unpaired) electrons. The first-order valence-electron chi connectivity index (χ1n) is 7.04. The molecule has 18 heavy (non-hydrogen) atoms. The molecule has 3 unspecified atom stereocenters. The Kier molecular flexibility index (Phi) is 5.60. The molecule has 1 saturated heterocycles. The molecule has 2 N–H and O–H groups in total. The minimum atomic E-state index is -0.386. The normalized spacial score (nSPS) is 26.7. The highest BCUT2D eigenvalue weighted by Crippen LogP contribution is 2.17. The van der Waals surface area contributed by atoms with Crippen molar-refractivity contribution in [3.05, 3.63) is 0 Å². The van der Waals surface area contributed by atoms with Gasteiger partial charge in [0.15, 0.2) is 0 Å². The standard InChI is InChI=1S/C14H28N2O2/c1-6-14(4,5)16-13(17)11(3)18-12-9-15-8-7-10(12)2/h10-12,15H,6-9H2,1-5H3,(H,16,17). The topological polar surface area (TPSA) is 50.4 Å². The van der Waals surface area contributed by atoms with Crippen LogP contribution in [0.5, 0.6) is 0 Å². The number of piperidine rings is 1. The van der Waals surface area contributed by atoms with E-state index in [4.69, 9.17) is 4.74 Å². The Balaban J connectivity index is 2.44. The molecule has 1 aliphatic heterocycles. The zero-order chi connectivity index (χ0) is 13.8. The quantitative estimate of drug-likeness (QED) is 0.787. The second-order valence-corrected chi connectivity index (χ2v) is 6.01. The van der Waals surface area contributed by atoms with E-state index in [9.17, 15) is 4.79 Å². The average Bonchev–Trinajstić information content (AvgIpc) is 2.31. The fourth-order valence-corrected chi connectivity index (χ4v) is 1.99. The fourth-order valence-electron chi connectivity index (χ4n) is 1.99. The van der Waals surface area contributed by atoms with Crippen LogP contribution in [-0.2, 0) is 9.53 Å². The van der Waals surface area contributed by atoms with Crippen LogP contribution in [0.4, 0.5) is 0 Å². The van der Waals surface area contributed by atoms with Crippen LogP contribution >= 0.6 is 0 Å². The molecule has 0 aliphatic carbocycles. The van der Waals surface area contributed by atoms with Gasteiger partial charge < -0.3 is 15.4 Å². The Morgan fingerprint density at radius 1 is 1.56 bits per heavy atom. The molecule has 0 bridgehead atoms. The van der Waals surface area contributed by atoms with Crippen LogP contribution < -0.4 is 10.6 Å². The first kappa shape index (κ1) is 15.4. The smallest absolute Gasteiger partial charge is 0.249 e. The Morgan fingerprint density at radius 3 is 2.78 bits per heavy atom. The van der Waals surface area contributed by atoms with Crippen molar-refractivity contribution in [3.63, 3.8) is 0 Å².